The van der Waals surface area contributed by atoms with Crippen LogP contribution < -0.4 is 5.32 Å². The Kier molecular flexibility index (Phi) is 6.09. The van der Waals surface area contributed by atoms with Crippen molar-refractivity contribution in [1.82, 2.24) is 10.2 Å². The van der Waals surface area contributed by atoms with Gasteiger partial charge in [-0.2, -0.15) is 0 Å². The van der Waals surface area contributed by atoms with Gasteiger partial charge in [-0.3, -0.25) is 4.90 Å². The van der Waals surface area contributed by atoms with Crippen LogP contribution in [0, 0.1) is 5.82 Å². The third-order valence-electron chi connectivity index (χ3n) is 3.84. The van der Waals surface area contributed by atoms with Crippen LogP contribution in [0.4, 0.5) is 4.39 Å². The Morgan fingerprint density at radius 2 is 2.00 bits per heavy atom. The normalized spacial score (nSPS) is 18.2. The molecule has 1 N–H and O–H groups in total. The Labute approximate surface area is 130 Å². The Hall–Kier alpha value is -0.350. The van der Waals surface area contributed by atoms with Gasteiger partial charge in [-0.25, -0.2) is 4.39 Å². The second kappa shape index (κ2) is 7.60. The van der Waals surface area contributed by atoms with Gasteiger partial charge in [0.15, 0.2) is 0 Å². The molecule has 0 amide bonds. The molecule has 0 bridgehead atoms. The summed E-state index contributed by atoms with van der Waals surface area (Å²) in [6, 6.07) is 2.96. The molecule has 1 fully saturated rings. The van der Waals surface area contributed by atoms with Gasteiger partial charge in [0.2, 0.25) is 0 Å². The minimum atomic E-state index is -0.251. The first-order valence-electron chi connectivity index (χ1n) is 7.23. The van der Waals surface area contributed by atoms with Gasteiger partial charge in [0.25, 0.3) is 0 Å². The largest absolute Gasteiger partial charge is 0.314 e. The molecule has 1 heterocycles. The molecule has 2 nitrogen and oxygen atoms in total. The van der Waals surface area contributed by atoms with E-state index >= 15 is 0 Å². The fraction of sp³-hybridized carbons (Fsp3) is 0.600. The Morgan fingerprint density at radius 1 is 1.30 bits per heavy atom. The average molecular weight is 319 g/mol. The summed E-state index contributed by atoms with van der Waals surface area (Å²) in [7, 11) is 0. The van der Waals surface area contributed by atoms with E-state index in [-0.39, 0.29) is 11.9 Å². The average Bonchev–Trinajstić information content (AvgIpc) is 2.47. The topological polar surface area (TPSA) is 15.3 Å². The molecule has 0 saturated carbocycles. The van der Waals surface area contributed by atoms with Crippen LogP contribution in [0.5, 0.6) is 0 Å². The molecule has 1 aromatic rings. The van der Waals surface area contributed by atoms with Crippen molar-refractivity contribution in [3.63, 3.8) is 0 Å². The van der Waals surface area contributed by atoms with Gasteiger partial charge in [-0.15, -0.1) is 0 Å². The quantitative estimate of drug-likeness (QED) is 0.816. The maximum Gasteiger partial charge on any atom is 0.129 e. The van der Waals surface area contributed by atoms with Crippen molar-refractivity contribution in [2.75, 3.05) is 26.2 Å². The molecule has 0 aromatic heterocycles. The molecule has 5 heteroatoms. The number of nitrogens with zero attached hydrogens (tertiary/aromatic N) is 1. The van der Waals surface area contributed by atoms with Gasteiger partial charge < -0.3 is 5.32 Å². The van der Waals surface area contributed by atoms with E-state index in [1.54, 1.807) is 0 Å². The molecular weight excluding hydrogens is 298 g/mol. The monoisotopic (exact) mass is 318 g/mol. The molecule has 112 valence electrons. The summed E-state index contributed by atoms with van der Waals surface area (Å²) >= 11 is 12.4. The molecule has 1 aromatic carbocycles. The van der Waals surface area contributed by atoms with Gasteiger partial charge in [-0.05, 0) is 18.6 Å². The van der Waals surface area contributed by atoms with E-state index in [0.717, 1.165) is 45.4 Å². The number of hydrogen-bond acceptors (Lipinski definition) is 2. The lowest BCUT2D eigenvalue weighted by molar-refractivity contribution is 0.160. The third kappa shape index (κ3) is 3.64. The first kappa shape index (κ1) is 16.0. The predicted molar refractivity (Wildman–Crippen MR) is 83.1 cm³/mol. The fourth-order valence-electron chi connectivity index (χ4n) is 2.75. The zero-order valence-electron chi connectivity index (χ0n) is 11.8. The molecule has 0 aliphatic carbocycles. The van der Waals surface area contributed by atoms with E-state index < -0.39 is 0 Å². The summed E-state index contributed by atoms with van der Waals surface area (Å²) in [6.45, 7) is 5.84. The SMILES string of the molecule is CCCC[C@@H](c1c(F)ccc(Cl)c1Cl)N1CCNCC1. The van der Waals surface area contributed by atoms with E-state index in [4.69, 9.17) is 23.2 Å². The van der Waals surface area contributed by atoms with Gasteiger partial charge in [0.1, 0.15) is 5.82 Å². The van der Waals surface area contributed by atoms with E-state index in [1.165, 1.54) is 12.1 Å². The lowest BCUT2D eigenvalue weighted by Gasteiger charge is -2.36. The summed E-state index contributed by atoms with van der Waals surface area (Å²) < 4.78 is 14.3. The Balaban J connectivity index is 2.32. The molecule has 20 heavy (non-hydrogen) atoms. The molecular formula is C15H21Cl2FN2. The van der Waals surface area contributed by atoms with Crippen LogP contribution in [0.25, 0.3) is 0 Å². The summed E-state index contributed by atoms with van der Waals surface area (Å²) in [5.74, 6) is -0.251. The number of unbranched alkanes of at least 4 members (excludes halogenated alkanes) is 1. The van der Waals surface area contributed by atoms with Crippen LogP contribution in [-0.4, -0.2) is 31.1 Å². The summed E-state index contributed by atoms with van der Waals surface area (Å²) in [6.07, 6.45) is 3.05. The smallest absolute Gasteiger partial charge is 0.129 e. The minimum absolute atomic E-state index is 0.0169. The van der Waals surface area contributed by atoms with E-state index in [9.17, 15) is 4.39 Å². The van der Waals surface area contributed by atoms with E-state index in [0.29, 0.717) is 15.6 Å². The van der Waals surface area contributed by atoms with Crippen molar-refractivity contribution in [3.05, 3.63) is 33.6 Å². The van der Waals surface area contributed by atoms with Crippen LogP contribution in [0.2, 0.25) is 10.0 Å². The van der Waals surface area contributed by atoms with Crippen molar-refractivity contribution < 1.29 is 4.39 Å². The highest BCUT2D eigenvalue weighted by atomic mass is 35.5. The summed E-state index contributed by atoms with van der Waals surface area (Å²) in [5, 5.41) is 4.12. The first-order chi connectivity index (χ1) is 9.65. The number of hydrogen-bond donors (Lipinski definition) is 1. The van der Waals surface area contributed by atoms with Crippen molar-refractivity contribution in [1.29, 1.82) is 0 Å². The number of halogens is 3. The van der Waals surface area contributed by atoms with Crippen molar-refractivity contribution >= 4 is 23.2 Å². The molecule has 1 aliphatic rings. The zero-order chi connectivity index (χ0) is 14.5. The molecule has 1 atom stereocenters. The van der Waals surface area contributed by atoms with Crippen LogP contribution in [0.15, 0.2) is 12.1 Å². The van der Waals surface area contributed by atoms with Crippen molar-refractivity contribution in [2.24, 2.45) is 0 Å². The number of benzene rings is 1. The Bertz CT molecular complexity index is 448. The maximum atomic E-state index is 14.3. The van der Waals surface area contributed by atoms with Crippen LogP contribution in [0.3, 0.4) is 0 Å². The second-order valence-corrected chi connectivity index (χ2v) is 5.99. The second-order valence-electron chi connectivity index (χ2n) is 5.20. The van der Waals surface area contributed by atoms with Crippen LogP contribution >= 0.6 is 23.2 Å². The molecule has 2 rings (SSSR count). The van der Waals surface area contributed by atoms with Crippen molar-refractivity contribution in [3.8, 4) is 0 Å². The van der Waals surface area contributed by atoms with E-state index in [1.807, 2.05) is 0 Å². The standard InChI is InChI=1S/C15H21Cl2FN2/c1-2-3-4-13(20-9-7-19-8-10-20)14-12(18)6-5-11(16)15(14)17/h5-6,13,19H,2-4,7-10H2,1H3/t13-/m0/s1. The lowest BCUT2D eigenvalue weighted by Crippen LogP contribution is -2.45. The van der Waals surface area contributed by atoms with Gasteiger partial charge >= 0.3 is 0 Å². The zero-order valence-corrected chi connectivity index (χ0v) is 13.3. The maximum absolute atomic E-state index is 14.3. The molecule has 1 saturated heterocycles. The highest BCUT2D eigenvalue weighted by molar-refractivity contribution is 6.42. The highest BCUT2D eigenvalue weighted by Crippen LogP contribution is 2.37. The van der Waals surface area contributed by atoms with Crippen LogP contribution in [-0.2, 0) is 0 Å². The van der Waals surface area contributed by atoms with E-state index in [2.05, 4.69) is 17.1 Å². The summed E-state index contributed by atoms with van der Waals surface area (Å²) in [5.41, 5.74) is 0.564. The van der Waals surface area contributed by atoms with Crippen molar-refractivity contribution in [2.45, 2.75) is 32.2 Å². The fourth-order valence-corrected chi connectivity index (χ4v) is 3.19. The number of piperazine rings is 1. The number of nitrogens with one attached hydrogen (secondary N) is 1. The predicted octanol–water partition coefficient (Wildman–Crippen LogP) is 4.27. The minimum Gasteiger partial charge on any atom is -0.314 e. The first-order valence-corrected chi connectivity index (χ1v) is 7.99. The summed E-state index contributed by atoms with van der Waals surface area (Å²) in [4.78, 5) is 2.31. The molecule has 0 spiro atoms. The third-order valence-corrected chi connectivity index (χ3v) is 4.66. The molecule has 0 radical (unpaired) electrons. The molecule has 1 aliphatic heterocycles. The number of rotatable bonds is 5. The Morgan fingerprint density at radius 3 is 2.65 bits per heavy atom. The lowest BCUT2D eigenvalue weighted by atomic mass is 9.98. The van der Waals surface area contributed by atoms with Crippen LogP contribution in [0.1, 0.15) is 37.8 Å². The van der Waals surface area contributed by atoms with Gasteiger partial charge in [-0.1, -0.05) is 43.0 Å². The highest BCUT2D eigenvalue weighted by Gasteiger charge is 2.27. The molecule has 0 unspecified atom stereocenters. The van der Waals surface area contributed by atoms with Gasteiger partial charge in [0, 0.05) is 37.8 Å². The van der Waals surface area contributed by atoms with Gasteiger partial charge in [0.05, 0.1) is 10.0 Å².